The van der Waals surface area contributed by atoms with Crippen LogP contribution in [0.5, 0.6) is 0 Å². The van der Waals surface area contributed by atoms with Gasteiger partial charge in [0.05, 0.1) is 6.08 Å². The lowest BCUT2D eigenvalue weighted by Crippen LogP contribution is -1.83. The number of unbranched alkanes of at least 4 members (excludes halogenated alkanes) is 1. The van der Waals surface area contributed by atoms with Crippen LogP contribution in [-0.2, 0) is 4.79 Å². The van der Waals surface area contributed by atoms with Gasteiger partial charge in [-0.3, -0.25) is 0 Å². The molecular weight excluding hydrogens is 152 g/mol. The predicted octanol–water partition coefficient (Wildman–Crippen LogP) is 1.98. The van der Waals surface area contributed by atoms with Crippen molar-refractivity contribution in [2.45, 2.75) is 26.2 Å². The Balaban J connectivity index is 3.63. The molecule has 64 valence electrons. The molecule has 0 atom stereocenters. The summed E-state index contributed by atoms with van der Waals surface area (Å²) in [5.74, 6) is 4.84. The molecule has 0 unspecified atom stereocenters. The first-order valence-electron chi connectivity index (χ1n) is 3.87. The third-order valence-corrected chi connectivity index (χ3v) is 1.03. The summed E-state index contributed by atoms with van der Waals surface area (Å²) < 4.78 is 0. The Morgan fingerprint density at radius 2 is 2.25 bits per heavy atom. The Morgan fingerprint density at radius 3 is 2.83 bits per heavy atom. The molecule has 0 saturated carbocycles. The molecule has 1 N–H and O–H groups in total. The van der Waals surface area contributed by atoms with E-state index in [1.54, 1.807) is 6.08 Å². The van der Waals surface area contributed by atoms with Crippen LogP contribution in [0.4, 0.5) is 0 Å². The summed E-state index contributed by atoms with van der Waals surface area (Å²) in [6, 6.07) is 0. The first-order valence-corrected chi connectivity index (χ1v) is 3.87. The summed E-state index contributed by atoms with van der Waals surface area (Å²) in [7, 11) is 0. The third kappa shape index (κ3) is 8.55. The van der Waals surface area contributed by atoms with Crippen molar-refractivity contribution < 1.29 is 9.90 Å². The van der Waals surface area contributed by atoms with Gasteiger partial charge in [0, 0.05) is 12.8 Å². The molecule has 0 aliphatic carbocycles. The molecule has 12 heavy (non-hydrogen) atoms. The van der Waals surface area contributed by atoms with Gasteiger partial charge in [0.2, 0.25) is 0 Å². The molecule has 0 heterocycles. The molecule has 0 aromatic carbocycles. The summed E-state index contributed by atoms with van der Waals surface area (Å²) >= 11 is 0. The fourth-order valence-electron chi connectivity index (χ4n) is 0.526. The van der Waals surface area contributed by atoms with E-state index in [1.807, 2.05) is 0 Å². The van der Waals surface area contributed by atoms with Gasteiger partial charge in [-0.15, -0.1) is 11.7 Å². The quantitative estimate of drug-likeness (QED) is 0.393. The normalized spacial score (nSPS) is 7.42. The van der Waals surface area contributed by atoms with E-state index in [1.165, 1.54) is 0 Å². The number of aliphatic carboxylic acids is 1. The Morgan fingerprint density at radius 1 is 1.50 bits per heavy atom. The van der Waals surface area contributed by atoms with Crippen LogP contribution in [-0.4, -0.2) is 11.1 Å². The number of rotatable bonds is 3. The molecule has 0 aliphatic heterocycles. The Kier molecular flexibility index (Phi) is 6.73. The van der Waals surface area contributed by atoms with Crippen molar-refractivity contribution in [3.63, 3.8) is 0 Å². The van der Waals surface area contributed by atoms with Crippen molar-refractivity contribution in [1.82, 2.24) is 0 Å². The van der Waals surface area contributed by atoms with E-state index in [2.05, 4.69) is 24.5 Å². The smallest absolute Gasteiger partial charge is 0.336 e. The maximum absolute atomic E-state index is 9.96. The van der Waals surface area contributed by atoms with E-state index in [0.29, 0.717) is 6.42 Å². The van der Waals surface area contributed by atoms with Gasteiger partial charge in [-0.2, -0.15) is 0 Å². The second-order valence-corrected chi connectivity index (χ2v) is 2.16. The Hall–Kier alpha value is -1.45. The maximum atomic E-state index is 9.96. The first kappa shape index (κ1) is 10.6. The summed E-state index contributed by atoms with van der Waals surface area (Å²) in [4.78, 5) is 9.96. The van der Waals surface area contributed by atoms with Crippen molar-refractivity contribution in [1.29, 1.82) is 0 Å². The number of carbonyl (C=O) groups is 1. The van der Waals surface area contributed by atoms with Gasteiger partial charge < -0.3 is 5.11 Å². The maximum Gasteiger partial charge on any atom is 0.336 e. The van der Waals surface area contributed by atoms with Crippen LogP contribution in [0.2, 0.25) is 0 Å². The highest BCUT2D eigenvalue weighted by Gasteiger charge is 1.78. The van der Waals surface area contributed by atoms with E-state index >= 15 is 0 Å². The van der Waals surface area contributed by atoms with Crippen LogP contribution in [0.3, 0.4) is 0 Å². The zero-order chi connectivity index (χ0) is 9.23. The molecule has 2 nitrogen and oxygen atoms in total. The second kappa shape index (κ2) is 7.65. The Bertz CT molecular complexity index is 247. The second-order valence-electron chi connectivity index (χ2n) is 2.16. The third-order valence-electron chi connectivity index (χ3n) is 1.03. The van der Waals surface area contributed by atoms with Crippen molar-refractivity contribution in [3.8, 4) is 11.8 Å². The predicted molar refractivity (Wildman–Crippen MR) is 47.6 cm³/mol. The zero-order valence-electron chi connectivity index (χ0n) is 7.13. The van der Waals surface area contributed by atoms with E-state index in [9.17, 15) is 4.79 Å². The lowest BCUT2D eigenvalue weighted by atomic mass is 10.3. The summed E-state index contributed by atoms with van der Waals surface area (Å²) in [5, 5.41) is 8.18. The van der Waals surface area contributed by atoms with Gasteiger partial charge in [-0.1, -0.05) is 12.8 Å². The van der Waals surface area contributed by atoms with Gasteiger partial charge in [0.1, 0.15) is 0 Å². The number of hydrogen-bond acceptors (Lipinski definition) is 1. The van der Waals surface area contributed by atoms with Crippen molar-refractivity contribution in [2.75, 3.05) is 0 Å². The molecular formula is C10H12O2. The minimum atomic E-state index is -0.979. The summed E-state index contributed by atoms with van der Waals surface area (Å²) in [5.41, 5.74) is 2.51. The zero-order valence-corrected chi connectivity index (χ0v) is 7.13. The average molecular weight is 164 g/mol. The molecule has 0 aliphatic rings. The molecule has 0 aromatic rings. The SMILES string of the molecule is CCCC#CCC=C=CC(=O)O. The van der Waals surface area contributed by atoms with Gasteiger partial charge in [-0.05, 0) is 12.5 Å². The monoisotopic (exact) mass is 164 g/mol. The van der Waals surface area contributed by atoms with Gasteiger partial charge in [-0.25, -0.2) is 4.79 Å². The minimum absolute atomic E-state index is 0.573. The van der Waals surface area contributed by atoms with Gasteiger partial charge in [0.15, 0.2) is 0 Å². The first-order chi connectivity index (χ1) is 5.77. The largest absolute Gasteiger partial charge is 0.478 e. The van der Waals surface area contributed by atoms with E-state index in [4.69, 9.17) is 5.11 Å². The van der Waals surface area contributed by atoms with E-state index in [-0.39, 0.29) is 0 Å². The van der Waals surface area contributed by atoms with Crippen LogP contribution >= 0.6 is 0 Å². The van der Waals surface area contributed by atoms with E-state index < -0.39 is 5.97 Å². The minimum Gasteiger partial charge on any atom is -0.478 e. The standard InChI is InChI=1S/C10H12O2/c1-2-3-4-5-6-7-8-9-10(11)12/h7,9H,2-3,6H2,1H3,(H,11,12). The van der Waals surface area contributed by atoms with Crippen molar-refractivity contribution in [3.05, 3.63) is 17.9 Å². The molecule has 0 spiro atoms. The van der Waals surface area contributed by atoms with Crippen LogP contribution in [0, 0.1) is 11.8 Å². The molecule has 0 aromatic heterocycles. The van der Waals surface area contributed by atoms with Crippen molar-refractivity contribution >= 4 is 5.97 Å². The highest BCUT2D eigenvalue weighted by atomic mass is 16.4. The van der Waals surface area contributed by atoms with Gasteiger partial charge in [0.25, 0.3) is 0 Å². The highest BCUT2D eigenvalue weighted by molar-refractivity contribution is 5.79. The molecule has 0 rings (SSSR count). The number of carboxylic acid groups (broad SMARTS) is 1. The van der Waals surface area contributed by atoms with Crippen LogP contribution in [0.15, 0.2) is 17.9 Å². The molecule has 0 fully saturated rings. The topological polar surface area (TPSA) is 37.3 Å². The van der Waals surface area contributed by atoms with Crippen molar-refractivity contribution in [2.24, 2.45) is 0 Å². The van der Waals surface area contributed by atoms with E-state index in [0.717, 1.165) is 18.9 Å². The van der Waals surface area contributed by atoms with Gasteiger partial charge >= 0.3 is 5.97 Å². The molecule has 2 heteroatoms. The molecule has 0 amide bonds. The molecule has 0 saturated heterocycles. The lowest BCUT2D eigenvalue weighted by molar-refractivity contribution is -0.131. The summed E-state index contributed by atoms with van der Waals surface area (Å²) in [6.07, 6.45) is 5.11. The molecule has 0 radical (unpaired) electrons. The average Bonchev–Trinajstić information content (AvgIpc) is 2.02. The van der Waals surface area contributed by atoms with Crippen LogP contribution < -0.4 is 0 Å². The lowest BCUT2D eigenvalue weighted by Gasteiger charge is -1.76. The van der Waals surface area contributed by atoms with Crippen LogP contribution in [0.25, 0.3) is 0 Å². The molecule has 0 bridgehead atoms. The number of hydrogen-bond donors (Lipinski definition) is 1. The number of carboxylic acids is 1. The fourth-order valence-corrected chi connectivity index (χ4v) is 0.526. The highest BCUT2D eigenvalue weighted by Crippen LogP contribution is 1.83. The fraction of sp³-hybridized carbons (Fsp3) is 0.400. The summed E-state index contributed by atoms with van der Waals surface area (Å²) in [6.45, 7) is 2.06. The Labute approximate surface area is 72.6 Å². The van der Waals surface area contributed by atoms with Crippen LogP contribution in [0.1, 0.15) is 26.2 Å².